The van der Waals surface area contributed by atoms with Crippen LogP contribution in [0.5, 0.6) is 5.75 Å². The van der Waals surface area contributed by atoms with Gasteiger partial charge in [0, 0.05) is 52.9 Å². The number of rotatable bonds is 5. The number of H-pyrrole nitrogens is 1. The first-order valence-electron chi connectivity index (χ1n) is 10.4. The van der Waals surface area contributed by atoms with Gasteiger partial charge in [-0.05, 0) is 29.3 Å². The fourth-order valence-electron chi connectivity index (χ4n) is 4.26. The van der Waals surface area contributed by atoms with Crippen LogP contribution in [-0.2, 0) is 17.8 Å². The van der Waals surface area contributed by atoms with Gasteiger partial charge in [0.05, 0.1) is 20.3 Å². The highest BCUT2D eigenvalue weighted by molar-refractivity contribution is 7.19. The minimum Gasteiger partial charge on any atom is -0.496 e. The molecule has 3 N–H and O–H groups in total. The van der Waals surface area contributed by atoms with Crippen molar-refractivity contribution in [3.63, 3.8) is 0 Å². The summed E-state index contributed by atoms with van der Waals surface area (Å²) in [6.07, 6.45) is 0. The van der Waals surface area contributed by atoms with Gasteiger partial charge in [0.2, 0.25) is 0 Å². The van der Waals surface area contributed by atoms with Gasteiger partial charge in [-0.3, -0.25) is 9.69 Å². The second-order valence-corrected chi connectivity index (χ2v) is 8.90. The summed E-state index contributed by atoms with van der Waals surface area (Å²) in [6.45, 7) is 4.67. The minimum absolute atomic E-state index is 0.0460. The molecule has 0 atom stereocenters. The van der Waals surface area contributed by atoms with Crippen LogP contribution in [0.2, 0.25) is 0 Å². The maximum absolute atomic E-state index is 12.9. The number of hydrogen-bond acceptors (Lipinski definition) is 6. The highest BCUT2D eigenvalue weighted by Gasteiger charge is 2.19. The number of nitrogens with two attached hydrogens (primary N) is 1. The summed E-state index contributed by atoms with van der Waals surface area (Å²) in [4.78, 5) is 19.5. The van der Waals surface area contributed by atoms with Crippen molar-refractivity contribution in [2.75, 3.05) is 33.4 Å². The van der Waals surface area contributed by atoms with Crippen molar-refractivity contribution in [2.24, 2.45) is 5.73 Å². The Morgan fingerprint density at radius 3 is 2.65 bits per heavy atom. The van der Waals surface area contributed by atoms with Gasteiger partial charge in [0.15, 0.2) is 0 Å². The standard InChI is InChI=1S/C24H25N3O3S/c1-29-20-7-6-19-22(21(20)16-4-2-15(13-25)3-5-16)18-12-17(31-23(18)24(28)26-19)14-27-8-10-30-11-9-27/h2-7,12H,8-11,13-14,25H2,1H3,(H,26,28). The van der Waals surface area contributed by atoms with Crippen LogP contribution in [-0.4, -0.2) is 43.3 Å². The predicted molar refractivity (Wildman–Crippen MR) is 126 cm³/mol. The second-order valence-electron chi connectivity index (χ2n) is 7.76. The van der Waals surface area contributed by atoms with Gasteiger partial charge in [-0.25, -0.2) is 0 Å². The Balaban J connectivity index is 1.72. The summed E-state index contributed by atoms with van der Waals surface area (Å²) in [7, 11) is 1.68. The van der Waals surface area contributed by atoms with Crippen molar-refractivity contribution in [3.05, 3.63) is 63.3 Å². The Morgan fingerprint density at radius 1 is 1.16 bits per heavy atom. The molecule has 1 saturated heterocycles. The van der Waals surface area contributed by atoms with Gasteiger partial charge in [-0.1, -0.05) is 24.3 Å². The van der Waals surface area contributed by atoms with Crippen LogP contribution < -0.4 is 16.0 Å². The average Bonchev–Trinajstić information content (AvgIpc) is 3.23. The van der Waals surface area contributed by atoms with E-state index in [0.717, 1.165) is 76.3 Å². The molecule has 1 aliphatic heterocycles. The first kappa shape index (κ1) is 20.2. The third kappa shape index (κ3) is 3.74. The van der Waals surface area contributed by atoms with E-state index >= 15 is 0 Å². The Bertz CT molecular complexity index is 1290. The van der Waals surface area contributed by atoms with E-state index in [1.54, 1.807) is 18.4 Å². The lowest BCUT2D eigenvalue weighted by Crippen LogP contribution is -2.35. The number of fused-ring (bicyclic) bond motifs is 3. The summed E-state index contributed by atoms with van der Waals surface area (Å²) in [5.74, 6) is 0.780. The zero-order chi connectivity index (χ0) is 21.4. The molecule has 0 unspecified atom stereocenters. The molecule has 0 aliphatic carbocycles. The number of thiophene rings is 1. The molecule has 6 nitrogen and oxygen atoms in total. The van der Waals surface area contributed by atoms with E-state index in [9.17, 15) is 4.79 Å². The van der Waals surface area contributed by atoms with Gasteiger partial charge < -0.3 is 20.2 Å². The zero-order valence-corrected chi connectivity index (χ0v) is 18.3. The van der Waals surface area contributed by atoms with Crippen LogP contribution in [0.15, 0.2) is 47.3 Å². The summed E-state index contributed by atoms with van der Waals surface area (Å²) in [5, 5.41) is 1.99. The van der Waals surface area contributed by atoms with Crippen LogP contribution in [0.1, 0.15) is 10.4 Å². The molecule has 2 aromatic carbocycles. The molecule has 0 bridgehead atoms. The molecule has 1 aliphatic rings. The number of hydrogen-bond donors (Lipinski definition) is 2. The number of methoxy groups -OCH3 is 1. The zero-order valence-electron chi connectivity index (χ0n) is 17.4. The van der Waals surface area contributed by atoms with Crippen LogP contribution in [0.25, 0.3) is 32.1 Å². The molecule has 160 valence electrons. The topological polar surface area (TPSA) is 80.6 Å². The monoisotopic (exact) mass is 435 g/mol. The molecule has 4 aromatic rings. The predicted octanol–water partition coefficient (Wildman–Crippen LogP) is 3.71. The van der Waals surface area contributed by atoms with Crippen molar-refractivity contribution in [3.8, 4) is 16.9 Å². The maximum atomic E-state index is 12.9. The Labute approximate surface area is 184 Å². The molecule has 7 heteroatoms. The van der Waals surface area contributed by atoms with Crippen molar-refractivity contribution in [1.29, 1.82) is 0 Å². The number of pyridine rings is 1. The molecule has 31 heavy (non-hydrogen) atoms. The SMILES string of the molecule is COc1ccc2[nH]c(=O)c3sc(CN4CCOCC4)cc3c2c1-c1ccc(CN)cc1. The molecule has 0 amide bonds. The molecule has 0 spiro atoms. The number of aromatic amines is 1. The lowest BCUT2D eigenvalue weighted by Gasteiger charge is -2.25. The summed E-state index contributed by atoms with van der Waals surface area (Å²) in [6, 6.07) is 14.2. The van der Waals surface area contributed by atoms with Crippen molar-refractivity contribution in [1.82, 2.24) is 9.88 Å². The maximum Gasteiger partial charge on any atom is 0.266 e. The molecular weight excluding hydrogens is 410 g/mol. The average molecular weight is 436 g/mol. The van der Waals surface area contributed by atoms with E-state index in [1.165, 1.54) is 4.88 Å². The third-order valence-electron chi connectivity index (χ3n) is 5.86. The Hall–Kier alpha value is -2.71. The number of ether oxygens (including phenoxy) is 2. The Morgan fingerprint density at radius 2 is 1.94 bits per heavy atom. The number of nitrogens with one attached hydrogen (secondary N) is 1. The molecule has 2 aromatic heterocycles. The number of morpholine rings is 1. The van der Waals surface area contributed by atoms with E-state index in [0.29, 0.717) is 6.54 Å². The van der Waals surface area contributed by atoms with Gasteiger partial charge in [-0.15, -0.1) is 11.3 Å². The number of aromatic nitrogens is 1. The molecule has 3 heterocycles. The molecular formula is C24H25N3O3S. The smallest absolute Gasteiger partial charge is 0.266 e. The van der Waals surface area contributed by atoms with Crippen LogP contribution >= 0.6 is 11.3 Å². The largest absolute Gasteiger partial charge is 0.496 e. The van der Waals surface area contributed by atoms with Gasteiger partial charge in [0.25, 0.3) is 5.56 Å². The molecule has 0 radical (unpaired) electrons. The van der Waals surface area contributed by atoms with Crippen LogP contribution in [0.3, 0.4) is 0 Å². The van der Waals surface area contributed by atoms with Crippen molar-refractivity contribution in [2.45, 2.75) is 13.1 Å². The van der Waals surface area contributed by atoms with Crippen molar-refractivity contribution >= 4 is 32.3 Å². The van der Waals surface area contributed by atoms with E-state index in [4.69, 9.17) is 15.2 Å². The second kappa shape index (κ2) is 8.43. The lowest BCUT2D eigenvalue weighted by atomic mass is 9.96. The van der Waals surface area contributed by atoms with E-state index < -0.39 is 0 Å². The van der Waals surface area contributed by atoms with Gasteiger partial charge in [0.1, 0.15) is 10.4 Å². The number of benzene rings is 2. The molecule has 5 rings (SSSR count). The summed E-state index contributed by atoms with van der Waals surface area (Å²) in [5.41, 5.74) is 9.64. The third-order valence-corrected chi connectivity index (χ3v) is 6.97. The molecule has 0 saturated carbocycles. The van der Waals surface area contributed by atoms with Gasteiger partial charge in [-0.2, -0.15) is 0 Å². The van der Waals surface area contributed by atoms with E-state index in [1.807, 2.05) is 24.3 Å². The quantitative estimate of drug-likeness (QED) is 0.500. The van der Waals surface area contributed by atoms with E-state index in [-0.39, 0.29) is 5.56 Å². The first-order chi connectivity index (χ1) is 15.2. The van der Waals surface area contributed by atoms with Crippen LogP contribution in [0, 0.1) is 0 Å². The van der Waals surface area contributed by atoms with Crippen molar-refractivity contribution < 1.29 is 9.47 Å². The number of nitrogens with zero attached hydrogens (tertiary/aromatic N) is 1. The van der Waals surface area contributed by atoms with Crippen LogP contribution in [0.4, 0.5) is 0 Å². The normalized spacial score (nSPS) is 15.0. The summed E-state index contributed by atoms with van der Waals surface area (Å²) < 4.78 is 12.0. The summed E-state index contributed by atoms with van der Waals surface area (Å²) >= 11 is 1.57. The fourth-order valence-corrected chi connectivity index (χ4v) is 5.37. The Kier molecular flexibility index (Phi) is 5.50. The lowest BCUT2D eigenvalue weighted by molar-refractivity contribution is 0.0346. The highest BCUT2D eigenvalue weighted by atomic mass is 32.1. The highest BCUT2D eigenvalue weighted by Crippen LogP contribution is 2.41. The minimum atomic E-state index is -0.0460. The fraction of sp³-hybridized carbons (Fsp3) is 0.292. The van der Waals surface area contributed by atoms with E-state index in [2.05, 4.69) is 28.1 Å². The molecule has 1 fully saturated rings. The first-order valence-corrected chi connectivity index (χ1v) is 11.2. The van der Waals surface area contributed by atoms with Gasteiger partial charge >= 0.3 is 0 Å².